The van der Waals surface area contributed by atoms with Crippen molar-refractivity contribution in [2.45, 2.75) is 31.8 Å². The zero-order valence-electron chi connectivity index (χ0n) is 13.0. The fourth-order valence-corrected chi connectivity index (χ4v) is 3.15. The Hall–Kier alpha value is -2.23. The molecule has 0 radical (unpaired) electrons. The normalized spacial score (nSPS) is 17.7. The van der Waals surface area contributed by atoms with Crippen molar-refractivity contribution >= 4 is 6.03 Å². The summed E-state index contributed by atoms with van der Waals surface area (Å²) in [5, 5.41) is 3.04. The monoisotopic (exact) mass is 297 g/mol. The molecule has 2 amide bonds. The summed E-state index contributed by atoms with van der Waals surface area (Å²) in [5.74, 6) is 0. The molecule has 1 aromatic carbocycles. The highest BCUT2D eigenvalue weighted by Gasteiger charge is 2.28. The number of hydrogen-bond donors (Lipinski definition) is 1. The highest BCUT2D eigenvalue weighted by atomic mass is 16.2. The molecule has 0 spiro atoms. The lowest BCUT2D eigenvalue weighted by Crippen LogP contribution is -2.43. The zero-order valence-corrected chi connectivity index (χ0v) is 13.0. The lowest BCUT2D eigenvalue weighted by atomic mass is 10.0. The Labute approximate surface area is 131 Å². The van der Waals surface area contributed by atoms with Crippen LogP contribution < -0.4 is 5.32 Å². The van der Waals surface area contributed by atoms with E-state index in [1.54, 1.807) is 0 Å². The first-order chi connectivity index (χ1) is 10.7. The van der Waals surface area contributed by atoms with Gasteiger partial charge in [-0.1, -0.05) is 30.3 Å². The van der Waals surface area contributed by atoms with E-state index in [1.807, 2.05) is 41.0 Å². The van der Waals surface area contributed by atoms with Crippen molar-refractivity contribution in [2.24, 2.45) is 7.05 Å². The van der Waals surface area contributed by atoms with Crippen molar-refractivity contribution < 1.29 is 4.79 Å². The third-order valence-electron chi connectivity index (χ3n) is 4.29. The van der Waals surface area contributed by atoms with Crippen LogP contribution in [0.1, 0.15) is 24.0 Å². The standard InChI is InChI=1S/C18H23N3O/c1-20-11-9-16(14-20)13-19-18(22)21-10-5-8-17(21)12-15-6-3-2-4-7-15/h2-4,6-7,9,11,14,17H,5,8,10,12-13H2,1H3,(H,19,22). The van der Waals surface area contributed by atoms with Crippen molar-refractivity contribution in [2.75, 3.05) is 6.54 Å². The summed E-state index contributed by atoms with van der Waals surface area (Å²) in [5.41, 5.74) is 2.44. The lowest BCUT2D eigenvalue weighted by Gasteiger charge is -2.25. The SMILES string of the molecule is Cn1ccc(CNC(=O)N2CCCC2Cc2ccccc2)c1. The molecule has 3 rings (SSSR count). The van der Waals surface area contributed by atoms with Gasteiger partial charge in [0.1, 0.15) is 0 Å². The van der Waals surface area contributed by atoms with Crippen LogP contribution in [0.5, 0.6) is 0 Å². The van der Waals surface area contributed by atoms with Gasteiger partial charge in [-0.25, -0.2) is 4.79 Å². The van der Waals surface area contributed by atoms with E-state index in [0.29, 0.717) is 12.6 Å². The minimum Gasteiger partial charge on any atom is -0.357 e. The summed E-state index contributed by atoms with van der Waals surface area (Å²) < 4.78 is 2.00. The van der Waals surface area contributed by atoms with Gasteiger partial charge >= 0.3 is 6.03 Å². The zero-order chi connectivity index (χ0) is 15.4. The second-order valence-corrected chi connectivity index (χ2v) is 6.02. The molecule has 0 bridgehead atoms. The summed E-state index contributed by atoms with van der Waals surface area (Å²) in [7, 11) is 1.99. The number of urea groups is 1. The third-order valence-corrected chi connectivity index (χ3v) is 4.29. The van der Waals surface area contributed by atoms with E-state index in [0.717, 1.165) is 31.4 Å². The van der Waals surface area contributed by atoms with Crippen molar-refractivity contribution in [3.05, 3.63) is 59.9 Å². The minimum atomic E-state index is 0.0577. The average Bonchev–Trinajstić information content (AvgIpc) is 3.15. The molecule has 1 unspecified atom stereocenters. The first-order valence-electron chi connectivity index (χ1n) is 7.91. The molecule has 1 aliphatic heterocycles. The molecular weight excluding hydrogens is 274 g/mol. The fourth-order valence-electron chi connectivity index (χ4n) is 3.15. The number of amides is 2. The second-order valence-electron chi connectivity index (χ2n) is 6.02. The number of hydrogen-bond acceptors (Lipinski definition) is 1. The quantitative estimate of drug-likeness (QED) is 0.925. The number of nitrogens with zero attached hydrogens (tertiary/aromatic N) is 2. The maximum absolute atomic E-state index is 12.4. The van der Waals surface area contributed by atoms with Crippen molar-refractivity contribution in [3.8, 4) is 0 Å². The highest BCUT2D eigenvalue weighted by molar-refractivity contribution is 5.74. The maximum atomic E-state index is 12.4. The van der Waals surface area contributed by atoms with E-state index in [-0.39, 0.29) is 6.03 Å². The molecule has 116 valence electrons. The Bertz CT molecular complexity index is 620. The number of aromatic nitrogens is 1. The maximum Gasteiger partial charge on any atom is 0.317 e. The van der Waals surface area contributed by atoms with Crippen molar-refractivity contribution in [3.63, 3.8) is 0 Å². The molecule has 1 saturated heterocycles. The molecule has 1 atom stereocenters. The van der Waals surface area contributed by atoms with Gasteiger partial charge < -0.3 is 14.8 Å². The lowest BCUT2D eigenvalue weighted by molar-refractivity contribution is 0.192. The van der Waals surface area contributed by atoms with E-state index < -0.39 is 0 Å². The Morgan fingerprint density at radius 3 is 2.77 bits per heavy atom. The number of carbonyl (C=O) groups excluding carboxylic acids is 1. The first-order valence-corrected chi connectivity index (χ1v) is 7.91. The fraction of sp³-hybridized carbons (Fsp3) is 0.389. The highest BCUT2D eigenvalue weighted by Crippen LogP contribution is 2.21. The molecule has 1 N–H and O–H groups in total. The van der Waals surface area contributed by atoms with Crippen LogP contribution in [0.2, 0.25) is 0 Å². The van der Waals surface area contributed by atoms with Gasteiger partial charge in [0.05, 0.1) is 0 Å². The number of aryl methyl sites for hydroxylation is 1. The predicted molar refractivity (Wildman–Crippen MR) is 87.5 cm³/mol. The predicted octanol–water partition coefficient (Wildman–Crippen LogP) is 2.94. The number of benzene rings is 1. The van der Waals surface area contributed by atoms with Gasteiger partial charge in [0, 0.05) is 38.6 Å². The van der Waals surface area contributed by atoms with Gasteiger partial charge in [-0.15, -0.1) is 0 Å². The van der Waals surface area contributed by atoms with Crippen molar-refractivity contribution in [1.29, 1.82) is 0 Å². The molecule has 1 fully saturated rings. The molecule has 4 heteroatoms. The van der Waals surface area contributed by atoms with Crippen LogP contribution in [0.15, 0.2) is 48.8 Å². The van der Waals surface area contributed by atoms with Gasteiger partial charge in [-0.05, 0) is 36.5 Å². The molecule has 0 aliphatic carbocycles. The molecule has 0 saturated carbocycles. The van der Waals surface area contributed by atoms with Gasteiger partial charge in [0.15, 0.2) is 0 Å². The van der Waals surface area contributed by atoms with Gasteiger partial charge in [-0.3, -0.25) is 0 Å². The van der Waals surface area contributed by atoms with E-state index in [4.69, 9.17) is 0 Å². The smallest absolute Gasteiger partial charge is 0.317 e. The second kappa shape index (κ2) is 6.69. The van der Waals surface area contributed by atoms with Gasteiger partial charge in [-0.2, -0.15) is 0 Å². The largest absolute Gasteiger partial charge is 0.357 e. The van der Waals surface area contributed by atoms with Gasteiger partial charge in [0.25, 0.3) is 0 Å². The molecule has 2 aromatic rings. The van der Waals surface area contributed by atoms with Crippen LogP contribution in [0, 0.1) is 0 Å². The van der Waals surface area contributed by atoms with Crippen molar-refractivity contribution in [1.82, 2.24) is 14.8 Å². The summed E-state index contributed by atoms with van der Waals surface area (Å²) in [6.07, 6.45) is 7.16. The average molecular weight is 297 g/mol. The van der Waals surface area contributed by atoms with E-state index in [9.17, 15) is 4.79 Å². The molecular formula is C18H23N3O. The molecule has 22 heavy (non-hydrogen) atoms. The number of nitrogens with one attached hydrogen (secondary N) is 1. The van der Waals surface area contributed by atoms with Crippen LogP contribution in [0.3, 0.4) is 0 Å². The Balaban J connectivity index is 1.56. The topological polar surface area (TPSA) is 37.3 Å². The minimum absolute atomic E-state index is 0.0577. The number of rotatable bonds is 4. The Morgan fingerprint density at radius 1 is 1.23 bits per heavy atom. The molecule has 2 heterocycles. The van der Waals surface area contributed by atoms with E-state index in [1.165, 1.54) is 5.56 Å². The summed E-state index contributed by atoms with van der Waals surface area (Å²) >= 11 is 0. The first kappa shape index (κ1) is 14.7. The summed E-state index contributed by atoms with van der Waals surface area (Å²) in [6.45, 7) is 1.45. The van der Waals surface area contributed by atoms with Crippen LogP contribution >= 0.6 is 0 Å². The molecule has 1 aliphatic rings. The van der Waals surface area contributed by atoms with Crippen LogP contribution in [0.25, 0.3) is 0 Å². The molecule has 1 aromatic heterocycles. The van der Waals surface area contributed by atoms with Gasteiger partial charge in [0.2, 0.25) is 0 Å². The third kappa shape index (κ3) is 3.50. The summed E-state index contributed by atoms with van der Waals surface area (Å²) in [4.78, 5) is 14.4. The van der Waals surface area contributed by atoms with E-state index in [2.05, 4.69) is 29.6 Å². The van der Waals surface area contributed by atoms with Crippen LogP contribution in [-0.4, -0.2) is 28.1 Å². The Kier molecular flexibility index (Phi) is 4.47. The molecule has 4 nitrogen and oxygen atoms in total. The van der Waals surface area contributed by atoms with Crippen LogP contribution in [0.4, 0.5) is 4.79 Å². The van der Waals surface area contributed by atoms with Crippen LogP contribution in [-0.2, 0) is 20.0 Å². The summed E-state index contributed by atoms with van der Waals surface area (Å²) in [6, 6.07) is 12.8. The number of likely N-dealkylation sites (tertiary alicyclic amines) is 1. The van der Waals surface area contributed by atoms with E-state index >= 15 is 0 Å². The Morgan fingerprint density at radius 2 is 2.05 bits per heavy atom. The number of carbonyl (C=O) groups is 1.